The number of hydrogen-bond acceptors (Lipinski definition) is 3. The fraction of sp³-hybridized carbons (Fsp3) is 0.364. The Labute approximate surface area is 100 Å². The summed E-state index contributed by atoms with van der Waals surface area (Å²) in [5, 5.41) is 0. The van der Waals surface area contributed by atoms with E-state index in [1.54, 1.807) is 0 Å². The molecule has 1 aromatic carbocycles. The Balaban J connectivity index is 2.96. The Hall–Kier alpha value is -1.79. The summed E-state index contributed by atoms with van der Waals surface area (Å²) in [6.07, 6.45) is -5.90. The molecule has 100 valence electrons. The second kappa shape index (κ2) is 5.24. The molecule has 1 atom stereocenters. The standard InChI is InChI=1S/C11H10F4O3/c1-6(10(16)17-2)18-7-3-4-9(12)8(5-7)11(13,14)15/h3-6H,1-2H3/t6-/m1/s1. The Bertz CT molecular complexity index is 442. The summed E-state index contributed by atoms with van der Waals surface area (Å²) < 4.78 is 59.4. The first-order valence-electron chi connectivity index (χ1n) is 4.87. The molecular weight excluding hydrogens is 256 g/mol. The molecule has 0 aliphatic rings. The molecule has 1 rings (SSSR count). The molecule has 0 unspecified atom stereocenters. The van der Waals surface area contributed by atoms with Crippen LogP contribution in [0.2, 0.25) is 0 Å². The van der Waals surface area contributed by atoms with Gasteiger partial charge in [-0.1, -0.05) is 0 Å². The normalized spacial score (nSPS) is 13.0. The lowest BCUT2D eigenvalue weighted by Gasteiger charge is -2.14. The van der Waals surface area contributed by atoms with Crippen LogP contribution in [0.25, 0.3) is 0 Å². The topological polar surface area (TPSA) is 35.5 Å². The van der Waals surface area contributed by atoms with E-state index in [-0.39, 0.29) is 5.75 Å². The predicted octanol–water partition coefficient (Wildman–Crippen LogP) is 2.78. The van der Waals surface area contributed by atoms with Crippen molar-refractivity contribution in [3.05, 3.63) is 29.6 Å². The Morgan fingerprint density at radius 2 is 1.94 bits per heavy atom. The SMILES string of the molecule is COC(=O)[C@@H](C)Oc1ccc(F)c(C(F)(F)F)c1. The van der Waals surface area contributed by atoms with E-state index in [4.69, 9.17) is 4.74 Å². The van der Waals surface area contributed by atoms with Crippen LogP contribution in [0.4, 0.5) is 17.6 Å². The molecule has 0 fully saturated rings. The summed E-state index contributed by atoms with van der Waals surface area (Å²) in [6, 6.07) is 2.13. The summed E-state index contributed by atoms with van der Waals surface area (Å²) in [4.78, 5) is 11.0. The summed E-state index contributed by atoms with van der Waals surface area (Å²) in [5.74, 6) is -2.41. The molecular formula is C11H10F4O3. The summed E-state index contributed by atoms with van der Waals surface area (Å²) >= 11 is 0. The number of carbonyl (C=O) groups is 1. The third-order valence-electron chi connectivity index (χ3n) is 2.09. The number of rotatable bonds is 3. The van der Waals surface area contributed by atoms with E-state index < -0.39 is 29.6 Å². The monoisotopic (exact) mass is 266 g/mol. The van der Waals surface area contributed by atoms with Crippen LogP contribution < -0.4 is 4.74 Å². The highest BCUT2D eigenvalue weighted by atomic mass is 19.4. The highest BCUT2D eigenvalue weighted by Crippen LogP contribution is 2.33. The van der Waals surface area contributed by atoms with Crippen LogP contribution in [0.15, 0.2) is 18.2 Å². The largest absolute Gasteiger partial charge is 0.479 e. The molecule has 0 bridgehead atoms. The van der Waals surface area contributed by atoms with Crippen LogP contribution in [0, 0.1) is 5.82 Å². The Kier molecular flexibility index (Phi) is 4.15. The van der Waals surface area contributed by atoms with E-state index in [0.29, 0.717) is 12.1 Å². The van der Waals surface area contributed by atoms with Crippen LogP contribution in [0.3, 0.4) is 0 Å². The molecule has 0 radical (unpaired) electrons. The number of methoxy groups -OCH3 is 1. The molecule has 0 amide bonds. The Morgan fingerprint density at radius 1 is 1.33 bits per heavy atom. The van der Waals surface area contributed by atoms with Gasteiger partial charge in [0.1, 0.15) is 11.6 Å². The van der Waals surface area contributed by atoms with Crippen molar-refractivity contribution in [2.24, 2.45) is 0 Å². The lowest BCUT2D eigenvalue weighted by atomic mass is 10.2. The molecule has 0 aromatic heterocycles. The highest BCUT2D eigenvalue weighted by molar-refractivity contribution is 5.74. The lowest BCUT2D eigenvalue weighted by Crippen LogP contribution is -2.25. The molecule has 0 saturated heterocycles. The molecule has 0 heterocycles. The van der Waals surface area contributed by atoms with Gasteiger partial charge in [-0.3, -0.25) is 0 Å². The predicted molar refractivity (Wildman–Crippen MR) is 53.5 cm³/mol. The van der Waals surface area contributed by atoms with Crippen molar-refractivity contribution in [3.8, 4) is 5.75 Å². The van der Waals surface area contributed by atoms with E-state index in [1.807, 2.05) is 0 Å². The van der Waals surface area contributed by atoms with Gasteiger partial charge in [0.05, 0.1) is 12.7 Å². The van der Waals surface area contributed by atoms with Crippen LogP contribution in [-0.2, 0) is 15.7 Å². The quantitative estimate of drug-likeness (QED) is 0.623. The lowest BCUT2D eigenvalue weighted by molar-refractivity contribution is -0.147. The highest BCUT2D eigenvalue weighted by Gasteiger charge is 2.34. The van der Waals surface area contributed by atoms with Crippen LogP contribution >= 0.6 is 0 Å². The molecule has 18 heavy (non-hydrogen) atoms. The first kappa shape index (κ1) is 14.3. The van der Waals surface area contributed by atoms with Crippen LogP contribution in [0.5, 0.6) is 5.75 Å². The zero-order valence-electron chi connectivity index (χ0n) is 9.55. The van der Waals surface area contributed by atoms with E-state index in [2.05, 4.69) is 4.74 Å². The minimum atomic E-state index is -4.82. The van der Waals surface area contributed by atoms with Crippen molar-refractivity contribution in [2.75, 3.05) is 7.11 Å². The number of hydrogen-bond donors (Lipinski definition) is 0. The number of benzene rings is 1. The molecule has 1 aromatic rings. The molecule has 7 heteroatoms. The van der Waals surface area contributed by atoms with Crippen LogP contribution in [-0.4, -0.2) is 19.2 Å². The molecule has 3 nitrogen and oxygen atoms in total. The molecule has 0 spiro atoms. The molecule has 0 aliphatic heterocycles. The molecule has 0 saturated carbocycles. The van der Waals surface area contributed by atoms with E-state index >= 15 is 0 Å². The van der Waals surface area contributed by atoms with Gasteiger partial charge < -0.3 is 9.47 Å². The third-order valence-corrected chi connectivity index (χ3v) is 2.09. The number of alkyl halides is 3. The van der Waals surface area contributed by atoms with Crippen molar-refractivity contribution in [1.82, 2.24) is 0 Å². The second-order valence-electron chi connectivity index (χ2n) is 3.42. The van der Waals surface area contributed by atoms with Gasteiger partial charge in [0.15, 0.2) is 6.10 Å². The first-order chi connectivity index (χ1) is 8.25. The fourth-order valence-corrected chi connectivity index (χ4v) is 1.21. The number of ether oxygens (including phenoxy) is 2. The van der Waals surface area contributed by atoms with Gasteiger partial charge in [0.2, 0.25) is 0 Å². The number of carbonyl (C=O) groups excluding carboxylic acids is 1. The fourth-order valence-electron chi connectivity index (χ4n) is 1.21. The van der Waals surface area contributed by atoms with Gasteiger partial charge in [-0.25, -0.2) is 9.18 Å². The van der Waals surface area contributed by atoms with Gasteiger partial charge in [-0.2, -0.15) is 13.2 Å². The first-order valence-corrected chi connectivity index (χ1v) is 4.87. The maximum absolute atomic E-state index is 13.0. The van der Waals surface area contributed by atoms with E-state index in [9.17, 15) is 22.4 Å². The number of esters is 1. The van der Waals surface area contributed by atoms with Crippen molar-refractivity contribution in [2.45, 2.75) is 19.2 Å². The maximum atomic E-state index is 13.0. The second-order valence-corrected chi connectivity index (χ2v) is 3.42. The smallest absolute Gasteiger partial charge is 0.419 e. The molecule has 0 aliphatic carbocycles. The van der Waals surface area contributed by atoms with Gasteiger partial charge in [-0.05, 0) is 25.1 Å². The van der Waals surface area contributed by atoms with Gasteiger partial charge >= 0.3 is 12.1 Å². The number of halogens is 4. The van der Waals surface area contributed by atoms with Gasteiger partial charge in [-0.15, -0.1) is 0 Å². The summed E-state index contributed by atoms with van der Waals surface area (Å²) in [7, 11) is 1.12. The third kappa shape index (κ3) is 3.35. The van der Waals surface area contributed by atoms with Crippen molar-refractivity contribution < 1.29 is 31.8 Å². The van der Waals surface area contributed by atoms with Gasteiger partial charge in [0, 0.05) is 0 Å². The van der Waals surface area contributed by atoms with Gasteiger partial charge in [0.25, 0.3) is 0 Å². The van der Waals surface area contributed by atoms with Crippen molar-refractivity contribution in [1.29, 1.82) is 0 Å². The maximum Gasteiger partial charge on any atom is 0.419 e. The summed E-state index contributed by atoms with van der Waals surface area (Å²) in [6.45, 7) is 1.31. The minimum absolute atomic E-state index is 0.262. The van der Waals surface area contributed by atoms with Crippen molar-refractivity contribution in [3.63, 3.8) is 0 Å². The zero-order chi connectivity index (χ0) is 13.9. The average Bonchev–Trinajstić information content (AvgIpc) is 2.29. The van der Waals surface area contributed by atoms with Crippen LogP contribution in [0.1, 0.15) is 12.5 Å². The van der Waals surface area contributed by atoms with E-state index in [1.165, 1.54) is 6.92 Å². The Morgan fingerprint density at radius 3 is 2.44 bits per heavy atom. The minimum Gasteiger partial charge on any atom is -0.479 e. The summed E-state index contributed by atoms with van der Waals surface area (Å²) in [5.41, 5.74) is -1.45. The van der Waals surface area contributed by atoms with E-state index in [0.717, 1.165) is 13.2 Å². The average molecular weight is 266 g/mol. The van der Waals surface area contributed by atoms with Crippen molar-refractivity contribution >= 4 is 5.97 Å². The zero-order valence-corrected chi connectivity index (χ0v) is 9.55. The molecule has 0 N–H and O–H groups in total.